The molecule has 3 heteroatoms. The van der Waals surface area contributed by atoms with Crippen LogP contribution in [-0.2, 0) is 4.79 Å². The molecule has 1 atom stereocenters. The Morgan fingerprint density at radius 1 is 1.50 bits per heavy atom. The van der Waals surface area contributed by atoms with Crippen LogP contribution < -0.4 is 11.1 Å². The topological polar surface area (TPSA) is 55.1 Å². The van der Waals surface area contributed by atoms with Gasteiger partial charge in [0.15, 0.2) is 0 Å². The molecule has 0 aromatic rings. The molecule has 0 saturated heterocycles. The molecule has 0 rings (SSSR count). The Balaban J connectivity index is 3.50. The fourth-order valence-electron chi connectivity index (χ4n) is 1.25. The molecule has 3 N–H and O–H groups in total. The molecule has 0 aromatic heterocycles. The van der Waals surface area contributed by atoms with Gasteiger partial charge in [-0.05, 0) is 25.3 Å². The zero-order chi connectivity index (χ0) is 9.40. The molecule has 0 spiro atoms. The highest BCUT2D eigenvalue weighted by molar-refractivity contribution is 5.75. The van der Waals surface area contributed by atoms with E-state index in [2.05, 4.69) is 12.2 Å². The van der Waals surface area contributed by atoms with E-state index in [0.717, 1.165) is 19.3 Å². The fraction of sp³-hybridized carbons (Fsp3) is 0.889. The third kappa shape index (κ3) is 5.13. The average Bonchev–Trinajstić information content (AvgIpc) is 2.11. The lowest BCUT2D eigenvalue weighted by atomic mass is 9.98. The lowest BCUT2D eigenvalue weighted by molar-refractivity contribution is -0.120. The van der Waals surface area contributed by atoms with Gasteiger partial charge in [0.1, 0.15) is 0 Å². The van der Waals surface area contributed by atoms with Crippen molar-refractivity contribution in [3.63, 3.8) is 0 Å². The van der Waals surface area contributed by atoms with Gasteiger partial charge in [0.25, 0.3) is 0 Å². The van der Waals surface area contributed by atoms with Crippen LogP contribution in [0, 0.1) is 5.92 Å². The van der Waals surface area contributed by atoms with Crippen LogP contribution in [0.5, 0.6) is 0 Å². The van der Waals surface area contributed by atoms with Crippen molar-refractivity contribution >= 4 is 5.91 Å². The van der Waals surface area contributed by atoms with Crippen LogP contribution in [-0.4, -0.2) is 19.5 Å². The molecule has 0 radical (unpaired) electrons. The van der Waals surface area contributed by atoms with Crippen molar-refractivity contribution in [2.45, 2.75) is 32.6 Å². The Bertz CT molecular complexity index is 126. The number of carbonyl (C=O) groups excluding carboxylic acids is 1. The molecule has 0 bridgehead atoms. The predicted molar refractivity (Wildman–Crippen MR) is 50.8 cm³/mol. The number of hydrogen-bond acceptors (Lipinski definition) is 2. The van der Waals surface area contributed by atoms with E-state index in [1.807, 2.05) is 0 Å². The number of carbonyl (C=O) groups is 1. The highest BCUT2D eigenvalue weighted by Gasteiger charge is 2.07. The minimum atomic E-state index is 0.115. The van der Waals surface area contributed by atoms with Crippen LogP contribution in [0.1, 0.15) is 32.6 Å². The second-order valence-corrected chi connectivity index (χ2v) is 3.10. The van der Waals surface area contributed by atoms with E-state index in [-0.39, 0.29) is 5.91 Å². The molecule has 1 unspecified atom stereocenters. The van der Waals surface area contributed by atoms with E-state index in [9.17, 15) is 4.79 Å². The van der Waals surface area contributed by atoms with Crippen LogP contribution in [0.15, 0.2) is 0 Å². The summed E-state index contributed by atoms with van der Waals surface area (Å²) in [5.41, 5.74) is 5.55. The summed E-state index contributed by atoms with van der Waals surface area (Å²) in [4.78, 5) is 10.9. The molecule has 3 nitrogen and oxygen atoms in total. The molecule has 0 fully saturated rings. The van der Waals surface area contributed by atoms with Gasteiger partial charge in [-0.15, -0.1) is 0 Å². The Labute approximate surface area is 74.7 Å². The highest BCUT2D eigenvalue weighted by Crippen LogP contribution is 2.11. The Kier molecular flexibility index (Phi) is 6.76. The van der Waals surface area contributed by atoms with E-state index in [4.69, 9.17) is 5.73 Å². The summed E-state index contributed by atoms with van der Waals surface area (Å²) in [6, 6.07) is 0. The number of hydrogen-bond donors (Lipinski definition) is 2. The minimum Gasteiger partial charge on any atom is -0.359 e. The lowest BCUT2D eigenvalue weighted by Crippen LogP contribution is -2.21. The fourth-order valence-corrected chi connectivity index (χ4v) is 1.25. The van der Waals surface area contributed by atoms with Crippen molar-refractivity contribution in [1.29, 1.82) is 0 Å². The molecule has 0 heterocycles. The SMILES string of the molecule is CCCC(CN)CCC(=O)NC. The Morgan fingerprint density at radius 3 is 2.58 bits per heavy atom. The maximum atomic E-state index is 10.9. The average molecular weight is 172 g/mol. The van der Waals surface area contributed by atoms with Crippen molar-refractivity contribution in [3.8, 4) is 0 Å². The normalized spacial score (nSPS) is 12.6. The largest absolute Gasteiger partial charge is 0.359 e. The molecular formula is C9H20N2O. The van der Waals surface area contributed by atoms with Crippen molar-refractivity contribution in [2.24, 2.45) is 11.7 Å². The summed E-state index contributed by atoms with van der Waals surface area (Å²) < 4.78 is 0. The van der Waals surface area contributed by atoms with E-state index < -0.39 is 0 Å². The summed E-state index contributed by atoms with van der Waals surface area (Å²) in [6.45, 7) is 2.84. The zero-order valence-corrected chi connectivity index (χ0v) is 8.10. The molecule has 0 saturated carbocycles. The first-order chi connectivity index (χ1) is 5.74. The first kappa shape index (κ1) is 11.4. The maximum absolute atomic E-state index is 10.9. The van der Waals surface area contributed by atoms with Crippen LogP contribution >= 0.6 is 0 Å². The third-order valence-corrected chi connectivity index (χ3v) is 2.09. The molecular weight excluding hydrogens is 152 g/mol. The van der Waals surface area contributed by atoms with Crippen molar-refractivity contribution in [1.82, 2.24) is 5.32 Å². The van der Waals surface area contributed by atoms with Gasteiger partial charge in [-0.25, -0.2) is 0 Å². The van der Waals surface area contributed by atoms with Crippen molar-refractivity contribution < 1.29 is 4.79 Å². The quantitative estimate of drug-likeness (QED) is 0.625. The second-order valence-electron chi connectivity index (χ2n) is 3.10. The van der Waals surface area contributed by atoms with Gasteiger partial charge in [0, 0.05) is 13.5 Å². The summed E-state index contributed by atoms with van der Waals surface area (Å²) in [6.07, 6.45) is 3.81. The summed E-state index contributed by atoms with van der Waals surface area (Å²) >= 11 is 0. The monoisotopic (exact) mass is 172 g/mol. The van der Waals surface area contributed by atoms with Gasteiger partial charge < -0.3 is 11.1 Å². The minimum absolute atomic E-state index is 0.115. The summed E-state index contributed by atoms with van der Waals surface area (Å²) in [5, 5.41) is 2.61. The van der Waals surface area contributed by atoms with Gasteiger partial charge in [-0.2, -0.15) is 0 Å². The van der Waals surface area contributed by atoms with Crippen molar-refractivity contribution in [3.05, 3.63) is 0 Å². The first-order valence-corrected chi connectivity index (χ1v) is 4.65. The second kappa shape index (κ2) is 7.10. The Morgan fingerprint density at radius 2 is 2.17 bits per heavy atom. The lowest BCUT2D eigenvalue weighted by Gasteiger charge is -2.12. The first-order valence-electron chi connectivity index (χ1n) is 4.65. The molecule has 0 aromatic carbocycles. The standard InChI is InChI=1S/C9H20N2O/c1-3-4-8(7-10)5-6-9(12)11-2/h8H,3-7,10H2,1-2H3,(H,11,12). The molecule has 12 heavy (non-hydrogen) atoms. The molecule has 72 valence electrons. The predicted octanol–water partition coefficient (Wildman–Crippen LogP) is 0.888. The van der Waals surface area contributed by atoms with Crippen LogP contribution in [0.2, 0.25) is 0 Å². The molecule has 0 aliphatic heterocycles. The van der Waals surface area contributed by atoms with Gasteiger partial charge >= 0.3 is 0 Å². The van der Waals surface area contributed by atoms with Crippen LogP contribution in [0.25, 0.3) is 0 Å². The van der Waals surface area contributed by atoms with E-state index in [1.165, 1.54) is 0 Å². The van der Waals surface area contributed by atoms with Gasteiger partial charge in [0.2, 0.25) is 5.91 Å². The van der Waals surface area contributed by atoms with Gasteiger partial charge in [0.05, 0.1) is 0 Å². The summed E-state index contributed by atoms with van der Waals surface area (Å²) in [7, 11) is 1.67. The van der Waals surface area contributed by atoms with Gasteiger partial charge in [-0.3, -0.25) is 4.79 Å². The van der Waals surface area contributed by atoms with E-state index in [1.54, 1.807) is 7.05 Å². The Hall–Kier alpha value is -0.570. The zero-order valence-electron chi connectivity index (χ0n) is 8.10. The summed E-state index contributed by atoms with van der Waals surface area (Å²) in [5.74, 6) is 0.636. The number of nitrogens with one attached hydrogen (secondary N) is 1. The van der Waals surface area contributed by atoms with Crippen molar-refractivity contribution in [2.75, 3.05) is 13.6 Å². The maximum Gasteiger partial charge on any atom is 0.219 e. The van der Waals surface area contributed by atoms with E-state index in [0.29, 0.717) is 18.9 Å². The number of rotatable bonds is 6. The third-order valence-electron chi connectivity index (χ3n) is 2.09. The van der Waals surface area contributed by atoms with Crippen LogP contribution in [0.4, 0.5) is 0 Å². The van der Waals surface area contributed by atoms with E-state index >= 15 is 0 Å². The molecule has 0 aliphatic carbocycles. The number of amides is 1. The smallest absolute Gasteiger partial charge is 0.219 e. The molecule has 0 aliphatic rings. The van der Waals surface area contributed by atoms with Gasteiger partial charge in [-0.1, -0.05) is 13.3 Å². The molecule has 1 amide bonds. The number of nitrogens with two attached hydrogens (primary N) is 1. The highest BCUT2D eigenvalue weighted by atomic mass is 16.1. The van der Waals surface area contributed by atoms with Crippen LogP contribution in [0.3, 0.4) is 0 Å².